The van der Waals surface area contributed by atoms with Gasteiger partial charge in [0.25, 0.3) is 0 Å². The highest BCUT2D eigenvalue weighted by Crippen LogP contribution is 2.37. The van der Waals surface area contributed by atoms with Crippen LogP contribution < -0.4 is 5.73 Å². The summed E-state index contributed by atoms with van der Waals surface area (Å²) in [6.45, 7) is 6.98. The lowest BCUT2D eigenvalue weighted by molar-refractivity contribution is 0.527. The van der Waals surface area contributed by atoms with E-state index in [1.165, 1.54) is 57.1 Å². The van der Waals surface area contributed by atoms with Crippen LogP contribution in [0.3, 0.4) is 0 Å². The average Bonchev–Trinajstić information content (AvgIpc) is 2.40. The summed E-state index contributed by atoms with van der Waals surface area (Å²) in [6, 6.07) is 0.420. The van der Waals surface area contributed by atoms with Crippen molar-refractivity contribution in [3.8, 4) is 0 Å². The summed E-state index contributed by atoms with van der Waals surface area (Å²) in [4.78, 5) is 0. The van der Waals surface area contributed by atoms with Gasteiger partial charge >= 0.3 is 0 Å². The van der Waals surface area contributed by atoms with E-state index in [9.17, 15) is 0 Å². The highest BCUT2D eigenvalue weighted by molar-refractivity contribution is 8.07. The maximum atomic E-state index is 6.38. The van der Waals surface area contributed by atoms with Gasteiger partial charge in [0.05, 0.1) is 0 Å². The Hall–Kier alpha value is 0.660. The van der Waals surface area contributed by atoms with Crippen LogP contribution >= 0.6 is 23.5 Å². The standard InChI is InChI=1S/C16H33NS2/c1-4-5-6-7-8-9-10-11-15(17)16-12-18-13(2)14(3)19-16/h13-16H,4-12,17H2,1-3H3. The molecular weight excluding hydrogens is 270 g/mol. The number of thioether (sulfide) groups is 2. The van der Waals surface area contributed by atoms with Crippen LogP contribution in [-0.2, 0) is 0 Å². The third-order valence-electron chi connectivity index (χ3n) is 4.19. The molecule has 0 aromatic rings. The number of rotatable bonds is 9. The van der Waals surface area contributed by atoms with Crippen molar-refractivity contribution in [2.45, 2.75) is 93.9 Å². The van der Waals surface area contributed by atoms with Crippen LogP contribution in [0.5, 0.6) is 0 Å². The first-order valence-electron chi connectivity index (χ1n) is 8.17. The minimum Gasteiger partial charge on any atom is -0.327 e. The van der Waals surface area contributed by atoms with E-state index in [1.54, 1.807) is 0 Å². The molecule has 1 rings (SSSR count). The first-order valence-corrected chi connectivity index (χ1v) is 10.2. The van der Waals surface area contributed by atoms with Crippen molar-refractivity contribution in [2.75, 3.05) is 5.75 Å². The van der Waals surface area contributed by atoms with Crippen molar-refractivity contribution < 1.29 is 0 Å². The van der Waals surface area contributed by atoms with Gasteiger partial charge in [0.1, 0.15) is 0 Å². The van der Waals surface area contributed by atoms with E-state index in [4.69, 9.17) is 5.73 Å². The Balaban J connectivity index is 2.03. The quantitative estimate of drug-likeness (QED) is 0.602. The molecule has 1 fully saturated rings. The van der Waals surface area contributed by atoms with Gasteiger partial charge in [0.15, 0.2) is 0 Å². The number of unbranched alkanes of at least 4 members (excludes halogenated alkanes) is 6. The molecule has 4 atom stereocenters. The molecule has 0 aliphatic carbocycles. The molecule has 0 amide bonds. The second kappa shape index (κ2) is 10.4. The second-order valence-electron chi connectivity index (χ2n) is 5.99. The molecule has 1 heterocycles. The molecule has 2 N–H and O–H groups in total. The van der Waals surface area contributed by atoms with Crippen molar-refractivity contribution in [2.24, 2.45) is 5.73 Å². The Morgan fingerprint density at radius 3 is 2.26 bits per heavy atom. The van der Waals surface area contributed by atoms with Gasteiger partial charge in [0, 0.05) is 27.5 Å². The van der Waals surface area contributed by atoms with Gasteiger partial charge < -0.3 is 5.73 Å². The number of hydrogen-bond donors (Lipinski definition) is 1. The lowest BCUT2D eigenvalue weighted by Gasteiger charge is -2.34. The van der Waals surface area contributed by atoms with Crippen molar-refractivity contribution in [3.63, 3.8) is 0 Å². The third-order valence-corrected chi connectivity index (χ3v) is 7.76. The summed E-state index contributed by atoms with van der Waals surface area (Å²) in [6.07, 6.45) is 11.0. The van der Waals surface area contributed by atoms with E-state index in [1.807, 2.05) is 0 Å². The molecular formula is C16H33NS2. The van der Waals surface area contributed by atoms with E-state index < -0.39 is 0 Å². The molecule has 1 nitrogen and oxygen atoms in total. The largest absolute Gasteiger partial charge is 0.327 e. The summed E-state index contributed by atoms with van der Waals surface area (Å²) < 4.78 is 0. The van der Waals surface area contributed by atoms with Crippen molar-refractivity contribution in [3.05, 3.63) is 0 Å². The van der Waals surface area contributed by atoms with Gasteiger partial charge in [-0.25, -0.2) is 0 Å². The van der Waals surface area contributed by atoms with Crippen LogP contribution in [0, 0.1) is 0 Å². The summed E-state index contributed by atoms with van der Waals surface area (Å²) in [7, 11) is 0. The molecule has 1 aliphatic rings. The van der Waals surface area contributed by atoms with Crippen LogP contribution in [-0.4, -0.2) is 27.5 Å². The highest BCUT2D eigenvalue weighted by Gasteiger charge is 2.29. The zero-order valence-corrected chi connectivity index (χ0v) is 14.7. The van der Waals surface area contributed by atoms with Gasteiger partial charge in [-0.05, 0) is 6.42 Å². The van der Waals surface area contributed by atoms with Crippen LogP contribution in [0.25, 0.3) is 0 Å². The Morgan fingerprint density at radius 2 is 1.63 bits per heavy atom. The molecule has 1 saturated heterocycles. The molecule has 4 unspecified atom stereocenters. The number of hydrogen-bond acceptors (Lipinski definition) is 3. The summed E-state index contributed by atoms with van der Waals surface area (Å²) in [5.41, 5.74) is 6.38. The van der Waals surface area contributed by atoms with E-state index in [-0.39, 0.29) is 0 Å². The van der Waals surface area contributed by atoms with E-state index >= 15 is 0 Å². The monoisotopic (exact) mass is 303 g/mol. The van der Waals surface area contributed by atoms with Gasteiger partial charge in [0.2, 0.25) is 0 Å². The maximum Gasteiger partial charge on any atom is 0.0292 e. The SMILES string of the molecule is CCCCCCCCCC(N)C1CSC(C)C(C)S1. The lowest BCUT2D eigenvalue weighted by Crippen LogP contribution is -2.39. The van der Waals surface area contributed by atoms with Gasteiger partial charge in [-0.3, -0.25) is 0 Å². The average molecular weight is 304 g/mol. The van der Waals surface area contributed by atoms with E-state index in [0.717, 1.165) is 10.5 Å². The molecule has 0 aromatic heterocycles. The van der Waals surface area contributed by atoms with E-state index in [0.29, 0.717) is 11.3 Å². The van der Waals surface area contributed by atoms with Gasteiger partial charge in [-0.2, -0.15) is 23.5 Å². The van der Waals surface area contributed by atoms with Gasteiger partial charge in [-0.15, -0.1) is 0 Å². The number of nitrogens with two attached hydrogens (primary N) is 1. The molecule has 0 saturated carbocycles. The Bertz CT molecular complexity index is 223. The summed E-state index contributed by atoms with van der Waals surface area (Å²) in [5, 5.41) is 2.26. The minimum atomic E-state index is 0.420. The Labute approximate surface area is 129 Å². The summed E-state index contributed by atoms with van der Waals surface area (Å²) >= 11 is 4.25. The maximum absolute atomic E-state index is 6.38. The fraction of sp³-hybridized carbons (Fsp3) is 1.00. The lowest BCUT2D eigenvalue weighted by atomic mass is 10.0. The normalized spacial score (nSPS) is 29.4. The fourth-order valence-electron chi connectivity index (χ4n) is 2.56. The van der Waals surface area contributed by atoms with Crippen LogP contribution in [0.1, 0.15) is 72.1 Å². The molecule has 114 valence electrons. The van der Waals surface area contributed by atoms with Crippen LogP contribution in [0.4, 0.5) is 0 Å². The molecule has 19 heavy (non-hydrogen) atoms. The van der Waals surface area contributed by atoms with Gasteiger partial charge in [-0.1, -0.05) is 65.7 Å². The molecule has 0 bridgehead atoms. The third kappa shape index (κ3) is 7.29. The van der Waals surface area contributed by atoms with Crippen molar-refractivity contribution in [1.82, 2.24) is 0 Å². The molecule has 1 aliphatic heterocycles. The molecule has 3 heteroatoms. The zero-order chi connectivity index (χ0) is 14.1. The topological polar surface area (TPSA) is 26.0 Å². The Morgan fingerprint density at radius 1 is 1.00 bits per heavy atom. The van der Waals surface area contributed by atoms with Crippen LogP contribution in [0.15, 0.2) is 0 Å². The highest BCUT2D eigenvalue weighted by atomic mass is 32.2. The second-order valence-corrected chi connectivity index (χ2v) is 9.02. The predicted molar refractivity (Wildman–Crippen MR) is 93.3 cm³/mol. The molecule has 0 spiro atoms. The first kappa shape index (κ1) is 17.7. The van der Waals surface area contributed by atoms with Crippen LogP contribution in [0.2, 0.25) is 0 Å². The van der Waals surface area contributed by atoms with E-state index in [2.05, 4.69) is 44.3 Å². The molecule has 0 aromatic carbocycles. The summed E-state index contributed by atoms with van der Waals surface area (Å²) in [5.74, 6) is 1.26. The Kier molecular flexibility index (Phi) is 9.69. The van der Waals surface area contributed by atoms with Crippen molar-refractivity contribution in [1.29, 1.82) is 0 Å². The fourth-order valence-corrected chi connectivity index (χ4v) is 5.66. The van der Waals surface area contributed by atoms with Crippen molar-refractivity contribution >= 4 is 23.5 Å². The smallest absolute Gasteiger partial charge is 0.0292 e. The minimum absolute atomic E-state index is 0.420. The molecule has 0 radical (unpaired) electrons. The zero-order valence-electron chi connectivity index (χ0n) is 13.1. The predicted octanol–water partition coefficient (Wildman–Crippen LogP) is 5.08. The first-order chi connectivity index (χ1) is 9.15.